The second-order valence-corrected chi connectivity index (χ2v) is 9.22. The van der Waals surface area contributed by atoms with Crippen molar-refractivity contribution in [3.8, 4) is 0 Å². The van der Waals surface area contributed by atoms with Crippen LogP contribution >= 0.6 is 22.9 Å². The number of carbonyl (C=O) groups is 1. The van der Waals surface area contributed by atoms with Crippen LogP contribution in [0.3, 0.4) is 0 Å². The Balaban J connectivity index is 1.33. The van der Waals surface area contributed by atoms with Crippen LogP contribution in [0, 0.1) is 5.92 Å². The van der Waals surface area contributed by atoms with Crippen LogP contribution in [0.5, 0.6) is 0 Å². The van der Waals surface area contributed by atoms with E-state index < -0.39 is 0 Å². The number of carbonyl (C=O) groups excluding carboxylic acids is 1. The predicted octanol–water partition coefficient (Wildman–Crippen LogP) is 5.17. The molecular formula is C21H27ClN2OS. The molecule has 140 valence electrons. The lowest BCUT2D eigenvalue weighted by Gasteiger charge is -2.32. The average Bonchev–Trinajstić information content (AvgIpc) is 3.30. The van der Waals surface area contributed by atoms with Crippen molar-refractivity contribution in [2.45, 2.75) is 45.1 Å². The summed E-state index contributed by atoms with van der Waals surface area (Å²) < 4.78 is 1.28. The third-order valence-electron chi connectivity index (χ3n) is 5.80. The van der Waals surface area contributed by atoms with Crippen molar-refractivity contribution >= 4 is 38.9 Å². The van der Waals surface area contributed by atoms with Crippen LogP contribution in [0.15, 0.2) is 24.3 Å². The van der Waals surface area contributed by atoms with Crippen LogP contribution in [0.4, 0.5) is 0 Å². The molecule has 0 spiro atoms. The van der Waals surface area contributed by atoms with E-state index in [9.17, 15) is 4.79 Å². The van der Waals surface area contributed by atoms with E-state index in [1.54, 1.807) is 0 Å². The lowest BCUT2D eigenvalue weighted by molar-refractivity contribution is -0.130. The van der Waals surface area contributed by atoms with Crippen LogP contribution < -0.4 is 0 Å². The number of nitrogens with zero attached hydrogens (tertiary/aromatic N) is 2. The van der Waals surface area contributed by atoms with Crippen molar-refractivity contribution in [1.82, 2.24) is 9.80 Å². The molecule has 2 fully saturated rings. The molecule has 2 aromatic rings. The Labute approximate surface area is 164 Å². The summed E-state index contributed by atoms with van der Waals surface area (Å²) in [4.78, 5) is 18.2. The van der Waals surface area contributed by atoms with Crippen molar-refractivity contribution < 1.29 is 4.79 Å². The Morgan fingerprint density at radius 2 is 1.96 bits per heavy atom. The van der Waals surface area contributed by atoms with E-state index in [1.165, 1.54) is 40.6 Å². The highest BCUT2D eigenvalue weighted by Crippen LogP contribution is 2.36. The third-order valence-corrected chi connectivity index (χ3v) is 7.50. The molecule has 0 N–H and O–H groups in total. The van der Waals surface area contributed by atoms with E-state index in [0.29, 0.717) is 11.8 Å². The quantitative estimate of drug-likeness (QED) is 0.703. The summed E-state index contributed by atoms with van der Waals surface area (Å²) in [5, 5.41) is 2.11. The highest BCUT2D eigenvalue weighted by molar-refractivity contribution is 7.19. The molecule has 2 aliphatic heterocycles. The first-order chi connectivity index (χ1) is 12.7. The number of piperidine rings is 1. The van der Waals surface area contributed by atoms with E-state index in [2.05, 4.69) is 34.1 Å². The second kappa shape index (κ2) is 8.28. The Bertz CT molecular complexity index is 768. The minimum absolute atomic E-state index is 0.368. The van der Waals surface area contributed by atoms with Gasteiger partial charge in [-0.3, -0.25) is 9.69 Å². The molecule has 3 nitrogen and oxygen atoms in total. The molecule has 1 unspecified atom stereocenters. The molecule has 0 radical (unpaired) electrons. The van der Waals surface area contributed by atoms with Gasteiger partial charge in [-0.25, -0.2) is 0 Å². The second-order valence-electron chi connectivity index (χ2n) is 7.71. The SMILES string of the molecule is O=C(CCC1CCCN(Cc2sc3ccccc3c2Cl)C1)N1CCCC1. The molecule has 26 heavy (non-hydrogen) atoms. The molecule has 3 heterocycles. The fourth-order valence-corrected chi connectivity index (χ4v) is 5.89. The molecule has 1 aromatic heterocycles. The summed E-state index contributed by atoms with van der Waals surface area (Å²) in [5.74, 6) is 1.01. The monoisotopic (exact) mass is 390 g/mol. The smallest absolute Gasteiger partial charge is 0.222 e. The normalized spacial score (nSPS) is 21.6. The van der Waals surface area contributed by atoms with E-state index in [-0.39, 0.29) is 0 Å². The summed E-state index contributed by atoms with van der Waals surface area (Å²) in [5.41, 5.74) is 0. The zero-order valence-corrected chi connectivity index (χ0v) is 16.8. The van der Waals surface area contributed by atoms with Crippen molar-refractivity contribution in [2.24, 2.45) is 5.92 Å². The van der Waals surface area contributed by atoms with Gasteiger partial charge < -0.3 is 4.90 Å². The van der Waals surface area contributed by atoms with Gasteiger partial charge in [-0.2, -0.15) is 0 Å². The van der Waals surface area contributed by atoms with Gasteiger partial charge >= 0.3 is 0 Å². The van der Waals surface area contributed by atoms with E-state index in [4.69, 9.17) is 11.6 Å². The molecule has 5 heteroatoms. The van der Waals surface area contributed by atoms with Crippen LogP contribution in [0.1, 0.15) is 43.4 Å². The zero-order chi connectivity index (χ0) is 17.9. The lowest BCUT2D eigenvalue weighted by Crippen LogP contribution is -2.35. The first kappa shape index (κ1) is 18.3. The van der Waals surface area contributed by atoms with Crippen LogP contribution in [0.2, 0.25) is 5.02 Å². The van der Waals surface area contributed by atoms with Crippen LogP contribution in [0.25, 0.3) is 10.1 Å². The summed E-state index contributed by atoms with van der Waals surface area (Å²) >= 11 is 8.44. The van der Waals surface area contributed by atoms with Gasteiger partial charge in [-0.1, -0.05) is 29.8 Å². The Hall–Kier alpha value is -1.10. The van der Waals surface area contributed by atoms with Gasteiger partial charge in [0.25, 0.3) is 0 Å². The molecule has 0 saturated carbocycles. The number of benzene rings is 1. The van der Waals surface area contributed by atoms with Gasteiger partial charge in [0.05, 0.1) is 5.02 Å². The van der Waals surface area contributed by atoms with Crippen LogP contribution in [-0.4, -0.2) is 41.9 Å². The fraction of sp³-hybridized carbons (Fsp3) is 0.571. The minimum Gasteiger partial charge on any atom is -0.343 e. The highest BCUT2D eigenvalue weighted by Gasteiger charge is 2.24. The topological polar surface area (TPSA) is 23.6 Å². The van der Waals surface area contributed by atoms with Crippen molar-refractivity contribution in [1.29, 1.82) is 0 Å². The Morgan fingerprint density at radius 3 is 2.77 bits per heavy atom. The maximum absolute atomic E-state index is 12.3. The molecule has 1 amide bonds. The summed E-state index contributed by atoms with van der Waals surface area (Å²) in [6.07, 6.45) is 6.60. The number of hydrogen-bond donors (Lipinski definition) is 0. The minimum atomic E-state index is 0.368. The standard InChI is InChI=1S/C21H27ClN2OS/c22-21-17-7-1-2-8-18(17)26-19(21)15-23-11-5-6-16(14-23)9-10-20(25)24-12-3-4-13-24/h1-2,7-8,16H,3-6,9-15H2. The first-order valence-electron chi connectivity index (χ1n) is 9.87. The number of fused-ring (bicyclic) bond motifs is 1. The maximum atomic E-state index is 12.3. The number of amides is 1. The fourth-order valence-electron chi connectivity index (χ4n) is 4.35. The summed E-state index contributed by atoms with van der Waals surface area (Å²) in [7, 11) is 0. The number of rotatable bonds is 5. The van der Waals surface area contributed by atoms with Gasteiger partial charge in [0.2, 0.25) is 5.91 Å². The molecule has 2 saturated heterocycles. The van der Waals surface area contributed by atoms with E-state index in [0.717, 1.165) is 50.6 Å². The van der Waals surface area contributed by atoms with Crippen molar-refractivity contribution in [2.75, 3.05) is 26.2 Å². The number of hydrogen-bond acceptors (Lipinski definition) is 3. The molecule has 2 aliphatic rings. The number of halogens is 1. The highest BCUT2D eigenvalue weighted by atomic mass is 35.5. The maximum Gasteiger partial charge on any atom is 0.222 e. The van der Waals surface area contributed by atoms with E-state index >= 15 is 0 Å². The number of thiophene rings is 1. The molecule has 0 aliphatic carbocycles. The van der Waals surface area contributed by atoms with Gasteiger partial charge in [-0.15, -0.1) is 11.3 Å². The summed E-state index contributed by atoms with van der Waals surface area (Å²) in [6.45, 7) is 5.12. The Kier molecular flexibility index (Phi) is 5.82. The predicted molar refractivity (Wildman–Crippen MR) is 110 cm³/mol. The summed E-state index contributed by atoms with van der Waals surface area (Å²) in [6, 6.07) is 8.39. The molecule has 1 atom stereocenters. The van der Waals surface area contributed by atoms with Crippen molar-refractivity contribution in [3.05, 3.63) is 34.2 Å². The number of likely N-dealkylation sites (tertiary alicyclic amines) is 2. The molecular weight excluding hydrogens is 364 g/mol. The lowest BCUT2D eigenvalue weighted by atomic mass is 9.93. The largest absolute Gasteiger partial charge is 0.343 e. The van der Waals surface area contributed by atoms with Gasteiger partial charge in [0.15, 0.2) is 0 Å². The first-order valence-corrected chi connectivity index (χ1v) is 11.1. The van der Waals surface area contributed by atoms with Gasteiger partial charge in [0, 0.05) is 47.6 Å². The Morgan fingerprint density at radius 1 is 1.15 bits per heavy atom. The third kappa shape index (κ3) is 4.08. The molecule has 1 aromatic carbocycles. The van der Waals surface area contributed by atoms with Gasteiger partial charge in [-0.05, 0) is 50.6 Å². The van der Waals surface area contributed by atoms with Crippen molar-refractivity contribution in [3.63, 3.8) is 0 Å². The zero-order valence-electron chi connectivity index (χ0n) is 15.3. The van der Waals surface area contributed by atoms with Crippen LogP contribution in [-0.2, 0) is 11.3 Å². The van der Waals surface area contributed by atoms with Gasteiger partial charge in [0.1, 0.15) is 0 Å². The average molecular weight is 391 g/mol. The van der Waals surface area contributed by atoms with E-state index in [1.807, 2.05) is 11.3 Å². The molecule has 4 rings (SSSR count). The molecule has 0 bridgehead atoms.